The van der Waals surface area contributed by atoms with Gasteiger partial charge in [-0.1, -0.05) is 20.8 Å². The van der Waals surface area contributed by atoms with Crippen LogP contribution in [0.3, 0.4) is 0 Å². The Morgan fingerprint density at radius 1 is 1.54 bits per heavy atom. The van der Waals surface area contributed by atoms with E-state index in [1.165, 1.54) is 0 Å². The van der Waals surface area contributed by atoms with Crippen LogP contribution in [0.1, 0.15) is 27.2 Å². The van der Waals surface area contributed by atoms with Gasteiger partial charge in [-0.2, -0.15) is 0 Å². The van der Waals surface area contributed by atoms with Gasteiger partial charge < -0.3 is 10.6 Å². The highest BCUT2D eigenvalue weighted by atomic mass is 16.2. The predicted octanol–water partition coefficient (Wildman–Crippen LogP) is 0.838. The summed E-state index contributed by atoms with van der Waals surface area (Å²) in [4.78, 5) is 13.5. The molecule has 1 saturated heterocycles. The molecule has 1 rings (SSSR count). The van der Waals surface area contributed by atoms with Crippen molar-refractivity contribution in [3.63, 3.8) is 0 Å². The Hall–Kier alpha value is -0.570. The molecular weight excluding hydrogens is 164 g/mol. The molecule has 0 radical (unpaired) electrons. The Morgan fingerprint density at radius 3 is 2.54 bits per heavy atom. The van der Waals surface area contributed by atoms with Gasteiger partial charge >= 0.3 is 0 Å². The molecular formula is C10H20N2O. The van der Waals surface area contributed by atoms with E-state index in [1.54, 1.807) is 0 Å². The molecule has 0 saturated carbocycles. The fraction of sp³-hybridized carbons (Fsp3) is 0.900. The van der Waals surface area contributed by atoms with Gasteiger partial charge in [-0.15, -0.1) is 0 Å². The molecule has 1 fully saturated rings. The molecule has 0 bridgehead atoms. The van der Waals surface area contributed by atoms with Crippen LogP contribution in [0.15, 0.2) is 0 Å². The Bertz CT molecular complexity index is 181. The zero-order valence-corrected chi connectivity index (χ0v) is 8.79. The first-order chi connectivity index (χ1) is 6.00. The van der Waals surface area contributed by atoms with E-state index in [2.05, 4.69) is 20.8 Å². The van der Waals surface area contributed by atoms with E-state index < -0.39 is 0 Å². The number of rotatable bonds is 2. The third kappa shape index (κ3) is 2.69. The van der Waals surface area contributed by atoms with Crippen LogP contribution in [-0.4, -0.2) is 29.9 Å². The Balaban J connectivity index is 2.42. The molecule has 1 aliphatic rings. The van der Waals surface area contributed by atoms with Gasteiger partial charge in [0, 0.05) is 25.6 Å². The Morgan fingerprint density at radius 2 is 2.15 bits per heavy atom. The number of amides is 1. The van der Waals surface area contributed by atoms with Crippen molar-refractivity contribution in [2.24, 2.45) is 17.6 Å². The second-order valence-corrected chi connectivity index (χ2v) is 4.54. The largest absolute Gasteiger partial charge is 0.341 e. The lowest BCUT2D eigenvalue weighted by Gasteiger charge is -2.16. The molecule has 76 valence electrons. The topological polar surface area (TPSA) is 46.3 Å². The lowest BCUT2D eigenvalue weighted by Crippen LogP contribution is -2.32. The van der Waals surface area contributed by atoms with Gasteiger partial charge in [0.1, 0.15) is 0 Å². The van der Waals surface area contributed by atoms with E-state index in [1.807, 2.05) is 4.90 Å². The van der Waals surface area contributed by atoms with Gasteiger partial charge in [0.2, 0.25) is 5.91 Å². The summed E-state index contributed by atoms with van der Waals surface area (Å²) < 4.78 is 0. The number of nitrogens with two attached hydrogens (primary N) is 1. The van der Waals surface area contributed by atoms with Gasteiger partial charge in [-0.05, 0) is 11.8 Å². The number of hydrogen-bond donors (Lipinski definition) is 1. The van der Waals surface area contributed by atoms with Crippen LogP contribution in [0.2, 0.25) is 0 Å². The molecule has 0 spiro atoms. The third-order valence-electron chi connectivity index (χ3n) is 2.61. The smallest absolute Gasteiger partial charge is 0.222 e. The molecule has 0 aromatic heterocycles. The predicted molar refractivity (Wildman–Crippen MR) is 53.2 cm³/mol. The van der Waals surface area contributed by atoms with Gasteiger partial charge in [0.05, 0.1) is 0 Å². The minimum absolute atomic E-state index is 0.177. The van der Waals surface area contributed by atoms with Gasteiger partial charge in [-0.25, -0.2) is 0 Å². The maximum absolute atomic E-state index is 11.6. The molecule has 2 N–H and O–H groups in total. The first-order valence-corrected chi connectivity index (χ1v) is 5.04. The zero-order valence-electron chi connectivity index (χ0n) is 8.79. The normalized spacial score (nSPS) is 28.5. The van der Waals surface area contributed by atoms with Crippen LogP contribution < -0.4 is 5.73 Å². The summed E-state index contributed by atoms with van der Waals surface area (Å²) in [5.74, 6) is 1.16. The summed E-state index contributed by atoms with van der Waals surface area (Å²) in [6.07, 6.45) is 0.652. The molecule has 0 aromatic carbocycles. The van der Waals surface area contributed by atoms with E-state index >= 15 is 0 Å². The molecule has 2 unspecified atom stereocenters. The molecule has 1 amide bonds. The van der Waals surface area contributed by atoms with E-state index in [-0.39, 0.29) is 11.9 Å². The van der Waals surface area contributed by atoms with Gasteiger partial charge in [0.15, 0.2) is 0 Å². The summed E-state index contributed by atoms with van der Waals surface area (Å²) in [5, 5.41) is 0. The summed E-state index contributed by atoms with van der Waals surface area (Å²) in [7, 11) is 0. The molecule has 0 aliphatic carbocycles. The fourth-order valence-electron chi connectivity index (χ4n) is 1.67. The molecule has 0 aromatic rings. The standard InChI is InChI=1S/C10H20N2O/c1-7(2)4-10(13)12-5-8(3)9(11)6-12/h7-9H,4-6,11H2,1-3H3. The van der Waals surface area contributed by atoms with Gasteiger partial charge in [0.25, 0.3) is 0 Å². The van der Waals surface area contributed by atoms with Crippen molar-refractivity contribution in [1.29, 1.82) is 0 Å². The van der Waals surface area contributed by atoms with Crippen LogP contribution in [-0.2, 0) is 4.79 Å². The molecule has 1 heterocycles. The molecule has 3 heteroatoms. The fourth-order valence-corrected chi connectivity index (χ4v) is 1.67. The van der Waals surface area contributed by atoms with Crippen LogP contribution in [0.4, 0.5) is 0 Å². The van der Waals surface area contributed by atoms with Crippen molar-refractivity contribution < 1.29 is 4.79 Å². The molecule has 3 nitrogen and oxygen atoms in total. The van der Waals surface area contributed by atoms with Crippen LogP contribution in [0.5, 0.6) is 0 Å². The lowest BCUT2D eigenvalue weighted by atomic mass is 10.1. The summed E-state index contributed by atoms with van der Waals surface area (Å²) in [6, 6.07) is 0.177. The highest BCUT2D eigenvalue weighted by Crippen LogP contribution is 2.16. The monoisotopic (exact) mass is 184 g/mol. The van der Waals surface area contributed by atoms with E-state index in [0.717, 1.165) is 13.1 Å². The number of carbonyl (C=O) groups is 1. The SMILES string of the molecule is CC(C)CC(=O)N1CC(C)C(N)C1. The van der Waals surface area contributed by atoms with Crippen molar-refractivity contribution >= 4 is 5.91 Å². The quantitative estimate of drug-likeness (QED) is 0.691. The number of hydrogen-bond acceptors (Lipinski definition) is 2. The van der Waals surface area contributed by atoms with Crippen LogP contribution in [0.25, 0.3) is 0 Å². The average molecular weight is 184 g/mol. The molecule has 2 atom stereocenters. The Kier molecular flexibility index (Phi) is 3.31. The average Bonchev–Trinajstić information content (AvgIpc) is 2.31. The summed E-state index contributed by atoms with van der Waals surface area (Å²) in [5.41, 5.74) is 5.84. The minimum atomic E-state index is 0.177. The molecule has 13 heavy (non-hydrogen) atoms. The zero-order chi connectivity index (χ0) is 10.0. The second kappa shape index (κ2) is 4.09. The lowest BCUT2D eigenvalue weighted by molar-refractivity contribution is -0.131. The second-order valence-electron chi connectivity index (χ2n) is 4.54. The number of likely N-dealkylation sites (tertiary alicyclic amines) is 1. The highest BCUT2D eigenvalue weighted by Gasteiger charge is 2.29. The Labute approximate surface area is 80.3 Å². The van der Waals surface area contributed by atoms with Crippen molar-refractivity contribution in [2.75, 3.05) is 13.1 Å². The third-order valence-corrected chi connectivity index (χ3v) is 2.61. The van der Waals surface area contributed by atoms with Crippen molar-refractivity contribution in [1.82, 2.24) is 4.90 Å². The first kappa shape index (κ1) is 10.5. The molecule has 1 aliphatic heterocycles. The minimum Gasteiger partial charge on any atom is -0.341 e. The maximum atomic E-state index is 11.6. The summed E-state index contributed by atoms with van der Waals surface area (Å²) in [6.45, 7) is 7.82. The number of carbonyl (C=O) groups excluding carboxylic acids is 1. The van der Waals surface area contributed by atoms with Crippen LogP contribution >= 0.6 is 0 Å². The van der Waals surface area contributed by atoms with E-state index in [4.69, 9.17) is 5.73 Å². The maximum Gasteiger partial charge on any atom is 0.222 e. The highest BCUT2D eigenvalue weighted by molar-refractivity contribution is 5.76. The summed E-state index contributed by atoms with van der Waals surface area (Å²) >= 11 is 0. The first-order valence-electron chi connectivity index (χ1n) is 5.04. The van der Waals surface area contributed by atoms with Gasteiger partial charge in [-0.3, -0.25) is 4.79 Å². The number of nitrogens with zero attached hydrogens (tertiary/aromatic N) is 1. The van der Waals surface area contributed by atoms with Crippen molar-refractivity contribution in [3.05, 3.63) is 0 Å². The van der Waals surface area contributed by atoms with Crippen LogP contribution in [0, 0.1) is 11.8 Å². The van der Waals surface area contributed by atoms with Crippen molar-refractivity contribution in [2.45, 2.75) is 33.2 Å². The van der Waals surface area contributed by atoms with E-state index in [9.17, 15) is 4.79 Å². The van der Waals surface area contributed by atoms with E-state index in [0.29, 0.717) is 18.3 Å². The van der Waals surface area contributed by atoms with Crippen molar-refractivity contribution in [3.8, 4) is 0 Å².